The Hall–Kier alpha value is -4.26. The lowest BCUT2D eigenvalue weighted by atomic mass is 9.94. The number of nitrogens with zero attached hydrogens (tertiary/aromatic N) is 1. The molecule has 0 aliphatic heterocycles. The molecule has 7 heteroatoms. The number of aromatic amines is 1. The van der Waals surface area contributed by atoms with E-state index < -0.39 is 6.04 Å². The van der Waals surface area contributed by atoms with E-state index in [1.54, 1.807) is 25.2 Å². The maximum Gasteiger partial charge on any atom is 0.247 e. The number of benzene rings is 3. The zero-order valence-corrected chi connectivity index (χ0v) is 24.8. The molecule has 1 atom stereocenters. The first-order valence-electron chi connectivity index (χ1n) is 14.9. The van der Waals surface area contributed by atoms with Gasteiger partial charge >= 0.3 is 0 Å². The van der Waals surface area contributed by atoms with Gasteiger partial charge in [0.15, 0.2) is 11.5 Å². The molecule has 1 aromatic heterocycles. The first-order chi connectivity index (χ1) is 20.5. The minimum Gasteiger partial charge on any atom is -0.493 e. The highest BCUT2D eigenvalue weighted by atomic mass is 16.5. The van der Waals surface area contributed by atoms with Gasteiger partial charge in [0.1, 0.15) is 6.04 Å². The number of fused-ring (bicyclic) bond motifs is 1. The summed E-state index contributed by atoms with van der Waals surface area (Å²) in [5.74, 6) is 0.829. The molecule has 0 saturated heterocycles. The fraction of sp³-hybridized carbons (Fsp3) is 0.371. The average Bonchev–Trinajstić information content (AvgIpc) is 3.42. The molecule has 1 heterocycles. The van der Waals surface area contributed by atoms with Gasteiger partial charge in [0.2, 0.25) is 11.8 Å². The van der Waals surface area contributed by atoms with Crippen LogP contribution in [0.3, 0.4) is 0 Å². The normalized spacial score (nSPS) is 14.4. The topological polar surface area (TPSA) is 83.7 Å². The number of rotatable bonds is 11. The average molecular weight is 568 g/mol. The zero-order valence-electron chi connectivity index (χ0n) is 24.8. The summed E-state index contributed by atoms with van der Waals surface area (Å²) in [7, 11) is 3.17. The van der Waals surface area contributed by atoms with Gasteiger partial charge < -0.3 is 24.7 Å². The lowest BCUT2D eigenvalue weighted by Gasteiger charge is -2.34. The minimum atomic E-state index is -0.826. The van der Waals surface area contributed by atoms with Crippen molar-refractivity contribution in [3.05, 3.63) is 95.2 Å². The lowest BCUT2D eigenvalue weighted by molar-refractivity contribution is -0.140. The Morgan fingerprint density at radius 1 is 0.929 bits per heavy atom. The number of methoxy groups -OCH3 is 2. The third kappa shape index (κ3) is 6.62. The zero-order chi connectivity index (χ0) is 29.5. The Labute approximate surface area is 248 Å². The van der Waals surface area contributed by atoms with Gasteiger partial charge in [-0.2, -0.15) is 0 Å². The van der Waals surface area contributed by atoms with Crippen LogP contribution >= 0.6 is 0 Å². The Morgan fingerprint density at radius 3 is 2.43 bits per heavy atom. The lowest BCUT2D eigenvalue weighted by Crippen LogP contribution is -2.48. The molecule has 1 fully saturated rings. The number of hydrogen-bond acceptors (Lipinski definition) is 4. The van der Waals surface area contributed by atoms with E-state index in [0.717, 1.165) is 53.3 Å². The third-order valence-corrected chi connectivity index (χ3v) is 8.46. The Kier molecular flexibility index (Phi) is 9.47. The molecular weight excluding hydrogens is 526 g/mol. The van der Waals surface area contributed by atoms with Crippen LogP contribution in [0.2, 0.25) is 0 Å². The summed E-state index contributed by atoms with van der Waals surface area (Å²) in [4.78, 5) is 33.6. The van der Waals surface area contributed by atoms with E-state index in [0.29, 0.717) is 30.0 Å². The van der Waals surface area contributed by atoms with Gasteiger partial charge in [-0.15, -0.1) is 0 Å². The standard InChI is InChI=1S/C35H41N3O4/c1-24-11-7-8-12-25(24)19-20-38(33(39)22-27-23-36-30-16-10-9-15-29(27)30)34(35(40)37-28-13-5-4-6-14-28)26-17-18-31(41-2)32(21-26)42-3/h7-12,15-18,21,23,28,34,36H,4-6,13-14,19-20,22H2,1-3H3,(H,37,40). The van der Waals surface area contributed by atoms with E-state index in [4.69, 9.17) is 9.47 Å². The predicted molar refractivity (Wildman–Crippen MR) is 166 cm³/mol. The van der Waals surface area contributed by atoms with E-state index in [-0.39, 0.29) is 24.3 Å². The molecule has 7 nitrogen and oxygen atoms in total. The number of amides is 2. The van der Waals surface area contributed by atoms with Crippen LogP contribution in [0.5, 0.6) is 11.5 Å². The number of ether oxygens (including phenoxy) is 2. The number of nitrogens with one attached hydrogen (secondary N) is 2. The summed E-state index contributed by atoms with van der Waals surface area (Å²) in [6, 6.07) is 21.0. The Bertz CT molecular complexity index is 1520. The molecule has 4 aromatic rings. The van der Waals surface area contributed by atoms with Crippen LogP contribution in [0, 0.1) is 6.92 Å². The molecule has 1 aliphatic carbocycles. The SMILES string of the molecule is COc1ccc(C(C(=O)NC2CCCCC2)N(CCc2ccccc2C)C(=O)Cc2c[nH]c3ccccc23)cc1OC. The highest BCUT2D eigenvalue weighted by Crippen LogP contribution is 2.33. The van der Waals surface area contributed by atoms with Crippen LogP contribution < -0.4 is 14.8 Å². The van der Waals surface area contributed by atoms with Gasteiger partial charge in [0.05, 0.1) is 20.6 Å². The number of aromatic nitrogens is 1. The number of hydrogen-bond donors (Lipinski definition) is 2. The molecule has 5 rings (SSSR count). The molecule has 0 spiro atoms. The van der Waals surface area contributed by atoms with Crippen LogP contribution in [0.4, 0.5) is 0 Å². The fourth-order valence-corrected chi connectivity index (χ4v) is 6.09. The summed E-state index contributed by atoms with van der Waals surface area (Å²) in [6.45, 7) is 2.47. The van der Waals surface area contributed by atoms with Crippen molar-refractivity contribution in [2.75, 3.05) is 20.8 Å². The molecule has 2 N–H and O–H groups in total. The number of para-hydroxylation sites is 1. The quantitative estimate of drug-likeness (QED) is 0.223. The number of carbonyl (C=O) groups is 2. The highest BCUT2D eigenvalue weighted by Gasteiger charge is 2.34. The summed E-state index contributed by atoms with van der Waals surface area (Å²) in [6.07, 6.45) is 8.01. The van der Waals surface area contributed by atoms with Gasteiger partial charge in [-0.1, -0.05) is 67.8 Å². The minimum absolute atomic E-state index is 0.105. The second-order valence-electron chi connectivity index (χ2n) is 11.2. The molecule has 2 amide bonds. The molecule has 1 unspecified atom stereocenters. The summed E-state index contributed by atoms with van der Waals surface area (Å²) in [5.41, 5.74) is 4.91. The van der Waals surface area contributed by atoms with Gasteiger partial charge in [0, 0.05) is 29.7 Å². The van der Waals surface area contributed by atoms with Gasteiger partial charge in [-0.25, -0.2) is 0 Å². The van der Waals surface area contributed by atoms with Crippen molar-refractivity contribution in [1.82, 2.24) is 15.2 Å². The highest BCUT2D eigenvalue weighted by molar-refractivity contribution is 5.92. The van der Waals surface area contributed by atoms with E-state index in [1.165, 1.54) is 6.42 Å². The van der Waals surface area contributed by atoms with Crippen LogP contribution in [0.25, 0.3) is 10.9 Å². The largest absolute Gasteiger partial charge is 0.493 e. The monoisotopic (exact) mass is 567 g/mol. The van der Waals surface area contributed by atoms with Crippen molar-refractivity contribution >= 4 is 22.7 Å². The number of carbonyl (C=O) groups excluding carboxylic acids is 2. The van der Waals surface area contributed by atoms with Gasteiger partial charge in [-0.3, -0.25) is 9.59 Å². The predicted octanol–water partition coefficient (Wildman–Crippen LogP) is 6.30. The molecule has 42 heavy (non-hydrogen) atoms. The molecule has 3 aromatic carbocycles. The molecule has 220 valence electrons. The smallest absolute Gasteiger partial charge is 0.247 e. The fourth-order valence-electron chi connectivity index (χ4n) is 6.09. The van der Waals surface area contributed by atoms with E-state index in [1.807, 2.05) is 54.7 Å². The van der Waals surface area contributed by atoms with Gasteiger partial charge in [0.25, 0.3) is 0 Å². The van der Waals surface area contributed by atoms with Crippen molar-refractivity contribution in [1.29, 1.82) is 0 Å². The van der Waals surface area contributed by atoms with Crippen LogP contribution in [0.1, 0.15) is 60.4 Å². The Balaban J connectivity index is 1.53. The molecule has 0 bridgehead atoms. The van der Waals surface area contributed by atoms with Crippen LogP contribution in [-0.2, 0) is 22.4 Å². The number of H-pyrrole nitrogens is 1. The number of aryl methyl sites for hydroxylation is 1. The molecule has 1 saturated carbocycles. The first kappa shape index (κ1) is 29.2. The van der Waals surface area contributed by atoms with E-state index >= 15 is 0 Å². The van der Waals surface area contributed by atoms with Crippen molar-refractivity contribution in [2.45, 2.75) is 64.0 Å². The van der Waals surface area contributed by atoms with E-state index in [9.17, 15) is 9.59 Å². The van der Waals surface area contributed by atoms with Crippen molar-refractivity contribution in [3.63, 3.8) is 0 Å². The summed E-state index contributed by atoms with van der Waals surface area (Å²) in [5, 5.41) is 4.32. The van der Waals surface area contributed by atoms with Crippen molar-refractivity contribution < 1.29 is 19.1 Å². The molecule has 1 aliphatic rings. The summed E-state index contributed by atoms with van der Waals surface area (Å²) >= 11 is 0. The third-order valence-electron chi connectivity index (χ3n) is 8.46. The molecule has 0 radical (unpaired) electrons. The van der Waals surface area contributed by atoms with E-state index in [2.05, 4.69) is 29.4 Å². The van der Waals surface area contributed by atoms with Crippen molar-refractivity contribution in [3.8, 4) is 11.5 Å². The van der Waals surface area contributed by atoms with Crippen LogP contribution in [0.15, 0.2) is 72.9 Å². The summed E-state index contributed by atoms with van der Waals surface area (Å²) < 4.78 is 11.1. The van der Waals surface area contributed by atoms with Gasteiger partial charge in [-0.05, 0) is 66.6 Å². The second-order valence-corrected chi connectivity index (χ2v) is 11.2. The molecular formula is C35H41N3O4. The Morgan fingerprint density at radius 2 is 1.67 bits per heavy atom. The maximum absolute atomic E-state index is 14.3. The maximum atomic E-state index is 14.3. The second kappa shape index (κ2) is 13.6. The van der Waals surface area contributed by atoms with Crippen LogP contribution in [-0.4, -0.2) is 48.5 Å². The van der Waals surface area contributed by atoms with Crippen molar-refractivity contribution in [2.24, 2.45) is 0 Å². The first-order valence-corrected chi connectivity index (χ1v) is 14.9.